The number of carboxylic acids is 1. The van der Waals surface area contributed by atoms with Gasteiger partial charge in [0.15, 0.2) is 11.6 Å². The van der Waals surface area contributed by atoms with Crippen LogP contribution in [-0.4, -0.2) is 22.1 Å². The van der Waals surface area contributed by atoms with Crippen LogP contribution < -0.4 is 10.6 Å². The molecule has 172 valence electrons. The lowest BCUT2D eigenvalue weighted by Gasteiger charge is -2.38. The van der Waals surface area contributed by atoms with Gasteiger partial charge in [-0.2, -0.15) is 0 Å². The summed E-state index contributed by atoms with van der Waals surface area (Å²) < 4.78 is 29.3. The van der Waals surface area contributed by atoms with E-state index in [1.807, 2.05) is 6.07 Å². The van der Waals surface area contributed by atoms with Gasteiger partial charge in [-0.1, -0.05) is 30.0 Å². The summed E-state index contributed by atoms with van der Waals surface area (Å²) in [6.07, 6.45) is 4.45. The monoisotopic (exact) mass is 461 g/mol. The second-order valence-corrected chi connectivity index (χ2v) is 8.05. The lowest BCUT2D eigenvalue weighted by molar-refractivity contribution is -0.138. The van der Waals surface area contributed by atoms with Crippen molar-refractivity contribution in [1.29, 1.82) is 0 Å². The Morgan fingerprint density at radius 3 is 2.47 bits per heavy atom. The highest BCUT2D eigenvalue weighted by Crippen LogP contribution is 2.37. The van der Waals surface area contributed by atoms with Crippen LogP contribution in [0.25, 0.3) is 0 Å². The molecule has 2 amide bonds. The molecular formula is C26H21F2N3O3. The molecule has 1 aliphatic carbocycles. The number of halogens is 2. The molecule has 1 atom stereocenters. The fourth-order valence-corrected chi connectivity index (χ4v) is 4.20. The number of urea groups is 1. The summed E-state index contributed by atoms with van der Waals surface area (Å²) in [7, 11) is 0. The second-order valence-electron chi connectivity index (χ2n) is 8.05. The van der Waals surface area contributed by atoms with E-state index in [0.717, 1.165) is 24.1 Å². The van der Waals surface area contributed by atoms with E-state index in [1.54, 1.807) is 36.5 Å². The van der Waals surface area contributed by atoms with E-state index in [2.05, 4.69) is 27.5 Å². The Hall–Kier alpha value is -4.25. The molecule has 1 aliphatic rings. The fourth-order valence-electron chi connectivity index (χ4n) is 4.20. The summed E-state index contributed by atoms with van der Waals surface area (Å²) in [6, 6.07) is 11.9. The van der Waals surface area contributed by atoms with Gasteiger partial charge in [0, 0.05) is 23.5 Å². The zero-order valence-corrected chi connectivity index (χ0v) is 18.1. The van der Waals surface area contributed by atoms with Crippen molar-refractivity contribution in [3.63, 3.8) is 0 Å². The Kier molecular flexibility index (Phi) is 6.55. The number of aliphatic carboxylic acids is 1. The van der Waals surface area contributed by atoms with Crippen molar-refractivity contribution in [1.82, 2.24) is 10.3 Å². The summed E-state index contributed by atoms with van der Waals surface area (Å²) in [4.78, 5) is 28.5. The van der Waals surface area contributed by atoms with Gasteiger partial charge in [-0.15, -0.1) is 0 Å². The van der Waals surface area contributed by atoms with Gasteiger partial charge in [-0.05, 0) is 60.7 Å². The average Bonchev–Trinajstić information content (AvgIpc) is 2.81. The Morgan fingerprint density at radius 1 is 1.06 bits per heavy atom. The van der Waals surface area contributed by atoms with Crippen LogP contribution in [0.3, 0.4) is 0 Å². The molecule has 0 radical (unpaired) electrons. The smallest absolute Gasteiger partial charge is 0.320 e. The lowest BCUT2D eigenvalue weighted by atomic mass is 9.75. The summed E-state index contributed by atoms with van der Waals surface area (Å²) in [5.41, 5.74) is 0.379. The zero-order chi connectivity index (χ0) is 24.1. The molecule has 2 aromatic carbocycles. The van der Waals surface area contributed by atoms with Crippen molar-refractivity contribution in [3.8, 4) is 11.8 Å². The molecule has 1 heterocycles. The molecule has 34 heavy (non-hydrogen) atoms. The Labute approximate surface area is 195 Å². The molecular weight excluding hydrogens is 440 g/mol. The van der Waals surface area contributed by atoms with Crippen LogP contribution in [0, 0.1) is 23.5 Å². The largest absolute Gasteiger partial charge is 0.481 e. The molecule has 0 unspecified atom stereocenters. The summed E-state index contributed by atoms with van der Waals surface area (Å²) in [5, 5.41) is 14.3. The van der Waals surface area contributed by atoms with E-state index in [4.69, 9.17) is 0 Å². The van der Waals surface area contributed by atoms with Gasteiger partial charge in [-0.25, -0.2) is 13.6 Å². The molecule has 1 aromatic heterocycles. The number of aryl methyl sites for hydroxylation is 1. The number of nitrogens with one attached hydrogen (secondary N) is 2. The van der Waals surface area contributed by atoms with Gasteiger partial charge < -0.3 is 15.7 Å². The van der Waals surface area contributed by atoms with Crippen LogP contribution in [0.15, 0.2) is 60.9 Å². The number of amides is 2. The Morgan fingerprint density at radius 2 is 1.76 bits per heavy atom. The number of fused-ring (bicyclic) bond motifs is 1. The highest BCUT2D eigenvalue weighted by atomic mass is 19.1. The third kappa shape index (κ3) is 5.04. The van der Waals surface area contributed by atoms with Crippen molar-refractivity contribution in [2.75, 3.05) is 5.32 Å². The molecule has 0 aliphatic heterocycles. The van der Waals surface area contributed by atoms with Gasteiger partial charge >= 0.3 is 12.0 Å². The third-order valence-corrected chi connectivity index (χ3v) is 5.69. The maximum Gasteiger partial charge on any atom is 0.320 e. The van der Waals surface area contributed by atoms with Crippen LogP contribution in [0.5, 0.6) is 0 Å². The minimum atomic E-state index is -1.24. The predicted molar refractivity (Wildman–Crippen MR) is 122 cm³/mol. The summed E-state index contributed by atoms with van der Waals surface area (Å²) >= 11 is 0. The minimum absolute atomic E-state index is 0.111. The second kappa shape index (κ2) is 9.71. The van der Waals surface area contributed by atoms with Gasteiger partial charge in [0.25, 0.3) is 0 Å². The standard InChI is InChI=1S/C26H21F2N3O3/c27-21-13-18(9-8-17-5-2-1-3-6-17)14-22(28)24(21)30-25(34)31-26(15-23(32)33)11-4-7-19-10-12-29-16-20(19)26/h1-3,5-6,10,12-14,16H,4,7,11,15H2,(H,32,33)(H2,30,31,34)/t26-/m0/s1. The number of hydrogen-bond donors (Lipinski definition) is 3. The normalized spacial score (nSPS) is 16.5. The van der Waals surface area contributed by atoms with Gasteiger partial charge in [0.05, 0.1) is 12.0 Å². The van der Waals surface area contributed by atoms with Crippen LogP contribution in [-0.2, 0) is 16.8 Å². The number of nitrogens with zero attached hydrogens (tertiary/aromatic N) is 1. The average molecular weight is 461 g/mol. The van der Waals surface area contributed by atoms with Gasteiger partial charge in [0.2, 0.25) is 0 Å². The summed E-state index contributed by atoms with van der Waals surface area (Å²) in [6.45, 7) is 0. The maximum atomic E-state index is 14.7. The first-order valence-corrected chi connectivity index (χ1v) is 10.7. The molecule has 3 N–H and O–H groups in total. The number of benzene rings is 2. The van der Waals surface area contributed by atoms with Crippen molar-refractivity contribution in [2.24, 2.45) is 0 Å². The Bertz CT molecular complexity index is 1280. The van der Waals surface area contributed by atoms with Crippen LogP contribution in [0.2, 0.25) is 0 Å². The number of rotatable bonds is 4. The first-order chi connectivity index (χ1) is 16.4. The number of carboxylic acid groups (broad SMARTS) is 1. The van der Waals surface area contributed by atoms with Crippen molar-refractivity contribution < 1.29 is 23.5 Å². The van der Waals surface area contributed by atoms with Crippen molar-refractivity contribution >= 4 is 17.7 Å². The van der Waals surface area contributed by atoms with Crippen molar-refractivity contribution in [3.05, 3.63) is 94.8 Å². The van der Waals surface area contributed by atoms with E-state index in [-0.39, 0.29) is 5.56 Å². The fraction of sp³-hybridized carbons (Fsp3) is 0.192. The molecule has 0 bridgehead atoms. The number of anilines is 1. The predicted octanol–water partition coefficient (Wildman–Crippen LogP) is 4.59. The van der Waals surface area contributed by atoms with E-state index < -0.39 is 41.3 Å². The number of carbonyl (C=O) groups is 2. The first kappa shape index (κ1) is 22.9. The van der Waals surface area contributed by atoms with Crippen LogP contribution >= 0.6 is 0 Å². The van der Waals surface area contributed by atoms with Crippen molar-refractivity contribution in [2.45, 2.75) is 31.2 Å². The molecule has 0 saturated carbocycles. The SMILES string of the molecule is O=C(O)C[C@@]1(NC(=O)Nc2c(F)cc(C#Cc3ccccc3)cc2F)CCCc2ccncc21. The molecule has 3 aromatic rings. The van der Waals surface area contributed by atoms with Crippen LogP contribution in [0.4, 0.5) is 19.3 Å². The zero-order valence-electron chi connectivity index (χ0n) is 18.1. The number of hydrogen-bond acceptors (Lipinski definition) is 3. The minimum Gasteiger partial charge on any atom is -0.481 e. The Balaban J connectivity index is 1.56. The maximum absolute atomic E-state index is 14.7. The van der Waals surface area contributed by atoms with E-state index in [1.165, 1.54) is 6.20 Å². The highest BCUT2D eigenvalue weighted by molar-refractivity contribution is 5.91. The number of aromatic nitrogens is 1. The lowest BCUT2D eigenvalue weighted by Crippen LogP contribution is -2.51. The molecule has 0 fully saturated rings. The molecule has 0 saturated heterocycles. The van der Waals surface area contributed by atoms with E-state index in [9.17, 15) is 23.5 Å². The number of carbonyl (C=O) groups excluding carboxylic acids is 1. The molecule has 0 spiro atoms. The highest BCUT2D eigenvalue weighted by Gasteiger charge is 2.40. The quantitative estimate of drug-likeness (QED) is 0.496. The molecule has 4 rings (SSSR count). The first-order valence-electron chi connectivity index (χ1n) is 10.7. The topological polar surface area (TPSA) is 91.3 Å². The van der Waals surface area contributed by atoms with E-state index >= 15 is 0 Å². The molecule has 6 nitrogen and oxygen atoms in total. The third-order valence-electron chi connectivity index (χ3n) is 5.69. The van der Waals surface area contributed by atoms with Crippen LogP contribution in [0.1, 0.15) is 41.5 Å². The van der Waals surface area contributed by atoms with Gasteiger partial charge in [-0.3, -0.25) is 9.78 Å². The summed E-state index contributed by atoms with van der Waals surface area (Å²) in [5.74, 6) is 2.41. The van der Waals surface area contributed by atoms with Gasteiger partial charge in [0.1, 0.15) is 5.69 Å². The van der Waals surface area contributed by atoms with E-state index in [0.29, 0.717) is 24.0 Å². The molecule has 8 heteroatoms. The number of pyridine rings is 1.